The summed E-state index contributed by atoms with van der Waals surface area (Å²) < 4.78 is 10.8. The quantitative estimate of drug-likeness (QED) is 0.810. The molecule has 2 N–H and O–H groups in total. The fourth-order valence-corrected chi connectivity index (χ4v) is 3.38. The molecule has 2 aromatic rings. The second-order valence-corrected chi connectivity index (χ2v) is 6.79. The van der Waals surface area contributed by atoms with E-state index in [0.29, 0.717) is 5.56 Å². The van der Waals surface area contributed by atoms with Gasteiger partial charge in [0.2, 0.25) is 5.91 Å². The van der Waals surface area contributed by atoms with Crippen molar-refractivity contribution in [3.8, 4) is 11.5 Å². The number of amides is 1. The number of carbonyl (C=O) groups excluding carboxylic acids is 1. The van der Waals surface area contributed by atoms with Gasteiger partial charge in [-0.25, -0.2) is 0 Å². The minimum absolute atomic E-state index is 0.386. The number of methoxy groups -OCH3 is 2. The van der Waals surface area contributed by atoms with Crippen LogP contribution in [0.15, 0.2) is 42.5 Å². The van der Waals surface area contributed by atoms with Gasteiger partial charge in [0, 0.05) is 50.4 Å². The van der Waals surface area contributed by atoms with Crippen molar-refractivity contribution < 1.29 is 14.3 Å². The van der Waals surface area contributed by atoms with Crippen molar-refractivity contribution in [3.63, 3.8) is 0 Å². The molecule has 0 radical (unpaired) electrons. The van der Waals surface area contributed by atoms with Crippen molar-refractivity contribution in [2.75, 3.05) is 40.4 Å². The van der Waals surface area contributed by atoms with E-state index in [4.69, 9.17) is 15.2 Å². The van der Waals surface area contributed by atoms with Crippen LogP contribution in [0.3, 0.4) is 0 Å². The number of rotatable bonds is 7. The molecule has 0 aliphatic carbocycles. The third-order valence-electron chi connectivity index (χ3n) is 4.99. The van der Waals surface area contributed by atoms with Crippen LogP contribution in [-0.4, -0.2) is 56.1 Å². The van der Waals surface area contributed by atoms with Crippen molar-refractivity contribution in [1.29, 1.82) is 0 Å². The Labute approximate surface area is 160 Å². The highest BCUT2D eigenvalue weighted by Gasteiger charge is 2.18. The Morgan fingerprint density at radius 2 is 1.56 bits per heavy atom. The van der Waals surface area contributed by atoms with Crippen LogP contribution in [0.5, 0.6) is 11.5 Å². The van der Waals surface area contributed by atoms with Crippen LogP contribution in [-0.2, 0) is 13.1 Å². The lowest BCUT2D eigenvalue weighted by Gasteiger charge is -2.35. The maximum atomic E-state index is 11.2. The molecule has 1 fully saturated rings. The predicted molar refractivity (Wildman–Crippen MR) is 105 cm³/mol. The largest absolute Gasteiger partial charge is 0.497 e. The third-order valence-corrected chi connectivity index (χ3v) is 4.99. The molecule has 6 nitrogen and oxygen atoms in total. The van der Waals surface area contributed by atoms with Gasteiger partial charge in [-0.05, 0) is 35.9 Å². The van der Waals surface area contributed by atoms with Gasteiger partial charge in [0.25, 0.3) is 0 Å². The summed E-state index contributed by atoms with van der Waals surface area (Å²) in [6, 6.07) is 13.5. The molecule has 1 aliphatic heterocycles. The number of nitrogens with zero attached hydrogens (tertiary/aromatic N) is 2. The molecule has 27 heavy (non-hydrogen) atoms. The summed E-state index contributed by atoms with van der Waals surface area (Å²) in [7, 11) is 3.38. The van der Waals surface area contributed by atoms with Crippen LogP contribution < -0.4 is 15.2 Å². The predicted octanol–water partition coefficient (Wildman–Crippen LogP) is 2.12. The van der Waals surface area contributed by atoms with Crippen LogP contribution >= 0.6 is 0 Å². The molecule has 0 saturated carbocycles. The number of benzene rings is 2. The van der Waals surface area contributed by atoms with Gasteiger partial charge in [0.05, 0.1) is 14.2 Å². The Morgan fingerprint density at radius 3 is 2.11 bits per heavy atom. The average Bonchev–Trinajstić information content (AvgIpc) is 2.70. The van der Waals surface area contributed by atoms with E-state index in [-0.39, 0.29) is 5.91 Å². The van der Waals surface area contributed by atoms with Crippen molar-refractivity contribution in [3.05, 3.63) is 59.2 Å². The zero-order valence-electron chi connectivity index (χ0n) is 16.0. The second-order valence-electron chi connectivity index (χ2n) is 6.79. The monoisotopic (exact) mass is 369 g/mol. The molecule has 0 atom stereocenters. The summed E-state index contributed by atoms with van der Waals surface area (Å²) in [4.78, 5) is 16.0. The number of ether oxygens (including phenoxy) is 2. The molecular formula is C21H27N3O3. The van der Waals surface area contributed by atoms with E-state index in [0.717, 1.165) is 56.3 Å². The summed E-state index contributed by atoms with van der Waals surface area (Å²) in [6.45, 7) is 5.74. The van der Waals surface area contributed by atoms with Gasteiger partial charge in [-0.1, -0.05) is 12.1 Å². The zero-order valence-corrected chi connectivity index (χ0v) is 16.0. The lowest BCUT2D eigenvalue weighted by molar-refractivity contribution is 0.1000. The topological polar surface area (TPSA) is 68.0 Å². The fraction of sp³-hybridized carbons (Fsp3) is 0.381. The van der Waals surface area contributed by atoms with Gasteiger partial charge in [0.15, 0.2) is 0 Å². The molecule has 1 amide bonds. The van der Waals surface area contributed by atoms with Gasteiger partial charge in [-0.3, -0.25) is 14.6 Å². The van der Waals surface area contributed by atoms with E-state index in [1.54, 1.807) is 26.4 Å². The van der Waals surface area contributed by atoms with Crippen LogP contribution in [0, 0.1) is 0 Å². The summed E-state index contributed by atoms with van der Waals surface area (Å²) in [5, 5.41) is 0. The molecule has 1 saturated heterocycles. The molecule has 2 aromatic carbocycles. The fourth-order valence-electron chi connectivity index (χ4n) is 3.38. The van der Waals surface area contributed by atoms with E-state index in [1.807, 2.05) is 30.3 Å². The van der Waals surface area contributed by atoms with Gasteiger partial charge in [-0.2, -0.15) is 0 Å². The molecule has 0 unspecified atom stereocenters. The van der Waals surface area contributed by atoms with Crippen molar-refractivity contribution in [2.24, 2.45) is 5.73 Å². The number of piperazine rings is 1. The Morgan fingerprint density at radius 1 is 0.926 bits per heavy atom. The van der Waals surface area contributed by atoms with Crippen molar-refractivity contribution in [1.82, 2.24) is 9.80 Å². The SMILES string of the molecule is COc1ccc(OC)c(CN2CCN(Cc3ccc(C(N)=O)cc3)CC2)c1. The van der Waals surface area contributed by atoms with Crippen LogP contribution in [0.2, 0.25) is 0 Å². The molecule has 0 spiro atoms. The molecule has 6 heteroatoms. The first kappa shape index (κ1) is 19.2. The van der Waals surface area contributed by atoms with Gasteiger partial charge in [-0.15, -0.1) is 0 Å². The lowest BCUT2D eigenvalue weighted by atomic mass is 10.1. The molecule has 1 aliphatic rings. The van der Waals surface area contributed by atoms with Gasteiger partial charge >= 0.3 is 0 Å². The molecule has 1 heterocycles. The minimum Gasteiger partial charge on any atom is -0.497 e. The molecule has 3 rings (SSSR count). The zero-order chi connectivity index (χ0) is 19.2. The Hall–Kier alpha value is -2.57. The Balaban J connectivity index is 1.54. The normalized spacial score (nSPS) is 15.5. The molecule has 0 bridgehead atoms. The van der Waals surface area contributed by atoms with E-state index >= 15 is 0 Å². The average molecular weight is 369 g/mol. The highest BCUT2D eigenvalue weighted by Crippen LogP contribution is 2.25. The maximum absolute atomic E-state index is 11.2. The van der Waals surface area contributed by atoms with Crippen LogP contribution in [0.25, 0.3) is 0 Å². The van der Waals surface area contributed by atoms with E-state index in [9.17, 15) is 4.79 Å². The first-order valence-electron chi connectivity index (χ1n) is 9.13. The maximum Gasteiger partial charge on any atom is 0.248 e. The Kier molecular flexibility index (Phi) is 6.32. The Bertz CT molecular complexity index is 769. The van der Waals surface area contributed by atoms with E-state index < -0.39 is 0 Å². The number of hydrogen-bond acceptors (Lipinski definition) is 5. The number of primary amides is 1. The standard InChI is InChI=1S/C21H27N3O3/c1-26-19-7-8-20(27-2)18(13-19)15-24-11-9-23(10-12-24)14-16-3-5-17(6-4-16)21(22)25/h3-8,13H,9-12,14-15H2,1-2H3,(H2,22,25). The number of hydrogen-bond donors (Lipinski definition) is 1. The summed E-state index contributed by atoms with van der Waals surface area (Å²) >= 11 is 0. The molecule has 0 aromatic heterocycles. The second kappa shape index (κ2) is 8.88. The molecular weight excluding hydrogens is 342 g/mol. The summed E-state index contributed by atoms with van der Waals surface area (Å²) in [5.74, 6) is 1.36. The summed E-state index contributed by atoms with van der Waals surface area (Å²) in [6.07, 6.45) is 0. The number of nitrogens with two attached hydrogens (primary N) is 1. The van der Waals surface area contributed by atoms with Crippen LogP contribution in [0.1, 0.15) is 21.5 Å². The van der Waals surface area contributed by atoms with Gasteiger partial charge in [0.1, 0.15) is 11.5 Å². The van der Waals surface area contributed by atoms with Crippen molar-refractivity contribution in [2.45, 2.75) is 13.1 Å². The first-order chi connectivity index (χ1) is 13.1. The highest BCUT2D eigenvalue weighted by atomic mass is 16.5. The minimum atomic E-state index is -0.386. The number of carbonyl (C=O) groups is 1. The first-order valence-corrected chi connectivity index (χ1v) is 9.13. The van der Waals surface area contributed by atoms with Gasteiger partial charge < -0.3 is 15.2 Å². The lowest BCUT2D eigenvalue weighted by Crippen LogP contribution is -2.45. The smallest absolute Gasteiger partial charge is 0.248 e. The summed E-state index contributed by atoms with van der Waals surface area (Å²) in [5.41, 5.74) is 8.19. The molecule has 144 valence electrons. The van der Waals surface area contributed by atoms with E-state index in [2.05, 4.69) is 9.80 Å². The van der Waals surface area contributed by atoms with Crippen LogP contribution in [0.4, 0.5) is 0 Å². The third kappa shape index (κ3) is 4.99. The van der Waals surface area contributed by atoms with E-state index in [1.165, 1.54) is 5.56 Å². The van der Waals surface area contributed by atoms with Crippen molar-refractivity contribution >= 4 is 5.91 Å². The highest BCUT2D eigenvalue weighted by molar-refractivity contribution is 5.92.